The van der Waals surface area contributed by atoms with Crippen molar-refractivity contribution in [2.45, 2.75) is 23.9 Å². The van der Waals surface area contributed by atoms with Gasteiger partial charge in [-0.15, -0.1) is 0 Å². The van der Waals surface area contributed by atoms with Crippen LogP contribution in [0.3, 0.4) is 0 Å². The zero-order chi connectivity index (χ0) is 22.1. The molecule has 0 atom stereocenters. The molecule has 1 aliphatic heterocycles. The SMILES string of the molecule is NS(=O)(=O)c1ccc(NC(=O)C2CCN(c3ncc(C(F)(F)F)cc3Cl)CC2)cc1. The van der Waals surface area contributed by atoms with Gasteiger partial charge in [-0.2, -0.15) is 13.2 Å². The summed E-state index contributed by atoms with van der Waals surface area (Å²) in [6.45, 7) is 0.807. The number of carbonyl (C=O) groups is 1. The van der Waals surface area contributed by atoms with E-state index in [0.717, 1.165) is 12.3 Å². The van der Waals surface area contributed by atoms with Crippen LogP contribution in [0.15, 0.2) is 41.4 Å². The van der Waals surface area contributed by atoms with Gasteiger partial charge in [0.1, 0.15) is 5.82 Å². The molecule has 7 nitrogen and oxygen atoms in total. The molecule has 0 saturated carbocycles. The van der Waals surface area contributed by atoms with Gasteiger partial charge in [-0.3, -0.25) is 4.79 Å². The molecule has 0 bridgehead atoms. The molecule has 2 aromatic rings. The van der Waals surface area contributed by atoms with Gasteiger partial charge in [0.05, 0.1) is 15.5 Å². The molecule has 2 heterocycles. The van der Waals surface area contributed by atoms with Crippen LogP contribution in [0.4, 0.5) is 24.7 Å². The maximum Gasteiger partial charge on any atom is 0.417 e. The Bertz CT molecular complexity index is 1040. The van der Waals surface area contributed by atoms with Crippen LogP contribution < -0.4 is 15.4 Å². The predicted molar refractivity (Wildman–Crippen MR) is 106 cm³/mol. The van der Waals surface area contributed by atoms with Crippen LogP contribution in [0.1, 0.15) is 18.4 Å². The number of anilines is 2. The van der Waals surface area contributed by atoms with E-state index in [1.807, 2.05) is 0 Å². The smallest absolute Gasteiger partial charge is 0.355 e. The van der Waals surface area contributed by atoms with Crippen LogP contribution in [0.25, 0.3) is 0 Å². The second-order valence-electron chi connectivity index (χ2n) is 6.85. The molecule has 30 heavy (non-hydrogen) atoms. The Morgan fingerprint density at radius 1 is 1.20 bits per heavy atom. The molecule has 3 N–H and O–H groups in total. The minimum absolute atomic E-state index is 0.0604. The van der Waals surface area contributed by atoms with Crippen molar-refractivity contribution in [2.75, 3.05) is 23.3 Å². The topological polar surface area (TPSA) is 105 Å². The molecule has 3 rings (SSSR count). The van der Waals surface area contributed by atoms with Crippen molar-refractivity contribution in [3.63, 3.8) is 0 Å². The normalized spacial score (nSPS) is 15.8. The third kappa shape index (κ3) is 5.21. The number of rotatable bonds is 4. The number of primary sulfonamides is 1. The van der Waals surface area contributed by atoms with E-state index < -0.39 is 21.8 Å². The fourth-order valence-corrected chi connectivity index (χ4v) is 3.95. The standard InChI is InChI=1S/C18H18ClF3N4O3S/c19-15-9-12(18(20,21)22)10-24-16(15)26-7-5-11(6-8-26)17(27)25-13-1-3-14(4-2-13)30(23,28)29/h1-4,9-11H,5-8H2,(H,25,27)(H2,23,28,29). The Hall–Kier alpha value is -2.37. The minimum atomic E-state index is -4.52. The molecule has 12 heteroatoms. The summed E-state index contributed by atoms with van der Waals surface area (Å²) in [7, 11) is -3.81. The molecule has 1 aromatic carbocycles. The lowest BCUT2D eigenvalue weighted by Gasteiger charge is -2.32. The first-order valence-electron chi connectivity index (χ1n) is 8.86. The molecule has 1 amide bonds. The number of benzene rings is 1. The van der Waals surface area contributed by atoms with Crippen molar-refractivity contribution >= 4 is 39.0 Å². The highest BCUT2D eigenvalue weighted by molar-refractivity contribution is 7.89. The van der Waals surface area contributed by atoms with Gasteiger partial charge >= 0.3 is 6.18 Å². The quantitative estimate of drug-likeness (QED) is 0.725. The van der Waals surface area contributed by atoms with Gasteiger partial charge in [-0.05, 0) is 43.2 Å². The second-order valence-corrected chi connectivity index (χ2v) is 8.82. The van der Waals surface area contributed by atoms with Gasteiger partial charge in [0.25, 0.3) is 0 Å². The van der Waals surface area contributed by atoms with E-state index in [2.05, 4.69) is 10.3 Å². The van der Waals surface area contributed by atoms with E-state index in [0.29, 0.717) is 31.6 Å². The van der Waals surface area contributed by atoms with Gasteiger partial charge in [0, 0.05) is 30.9 Å². The van der Waals surface area contributed by atoms with E-state index in [-0.39, 0.29) is 27.6 Å². The Balaban J connectivity index is 1.59. The van der Waals surface area contributed by atoms with Crippen molar-refractivity contribution in [1.29, 1.82) is 0 Å². The number of hydrogen-bond donors (Lipinski definition) is 2. The lowest BCUT2D eigenvalue weighted by Crippen LogP contribution is -2.38. The summed E-state index contributed by atoms with van der Waals surface area (Å²) >= 11 is 5.98. The molecule has 1 aromatic heterocycles. The van der Waals surface area contributed by atoms with Crippen LogP contribution in [-0.4, -0.2) is 32.4 Å². The average molecular weight is 463 g/mol. The van der Waals surface area contributed by atoms with E-state index in [1.54, 1.807) is 4.90 Å². The molecule has 0 radical (unpaired) electrons. The molecule has 1 aliphatic rings. The van der Waals surface area contributed by atoms with Crippen molar-refractivity contribution in [3.8, 4) is 0 Å². The van der Waals surface area contributed by atoms with E-state index in [1.165, 1.54) is 24.3 Å². The van der Waals surface area contributed by atoms with E-state index in [4.69, 9.17) is 16.7 Å². The summed E-state index contributed by atoms with van der Waals surface area (Å²) in [5.74, 6) is -0.293. The average Bonchev–Trinajstić information content (AvgIpc) is 2.67. The molecule has 1 saturated heterocycles. The fraction of sp³-hybridized carbons (Fsp3) is 0.333. The summed E-state index contributed by atoms with van der Waals surface area (Å²) < 4.78 is 60.8. The summed E-state index contributed by atoms with van der Waals surface area (Å²) in [5, 5.41) is 7.66. The minimum Gasteiger partial charge on any atom is -0.355 e. The highest BCUT2D eigenvalue weighted by atomic mass is 35.5. The number of piperidine rings is 1. The zero-order valence-corrected chi connectivity index (χ0v) is 17.1. The maximum absolute atomic E-state index is 12.7. The number of carbonyl (C=O) groups excluding carboxylic acids is 1. The second kappa shape index (κ2) is 8.40. The number of amides is 1. The van der Waals surface area contributed by atoms with Crippen LogP contribution in [0.2, 0.25) is 5.02 Å². The Morgan fingerprint density at radius 2 is 1.80 bits per heavy atom. The highest BCUT2D eigenvalue weighted by Crippen LogP contribution is 2.34. The Morgan fingerprint density at radius 3 is 2.30 bits per heavy atom. The Kier molecular flexibility index (Phi) is 6.25. The zero-order valence-electron chi connectivity index (χ0n) is 15.5. The molecule has 1 fully saturated rings. The highest BCUT2D eigenvalue weighted by Gasteiger charge is 2.33. The number of alkyl halides is 3. The Labute approximate surface area is 176 Å². The molecule has 162 valence electrons. The largest absolute Gasteiger partial charge is 0.417 e. The molecule has 0 spiro atoms. The number of hydrogen-bond acceptors (Lipinski definition) is 5. The van der Waals surface area contributed by atoms with Crippen molar-refractivity contribution in [1.82, 2.24) is 4.98 Å². The predicted octanol–water partition coefficient (Wildman–Crippen LogP) is 3.26. The van der Waals surface area contributed by atoms with Gasteiger partial charge in [-0.1, -0.05) is 11.6 Å². The number of aromatic nitrogens is 1. The van der Waals surface area contributed by atoms with Crippen molar-refractivity contribution < 1.29 is 26.4 Å². The summed E-state index contributed by atoms with van der Waals surface area (Å²) in [4.78, 5) is 18.0. The number of nitrogens with one attached hydrogen (secondary N) is 1. The number of nitrogens with zero attached hydrogens (tertiary/aromatic N) is 2. The van der Waals surface area contributed by atoms with Gasteiger partial charge in [0.15, 0.2) is 0 Å². The maximum atomic E-state index is 12.7. The molecule has 0 aliphatic carbocycles. The fourth-order valence-electron chi connectivity index (χ4n) is 3.14. The van der Waals surface area contributed by atoms with Crippen LogP contribution in [0, 0.1) is 5.92 Å². The number of pyridine rings is 1. The number of halogens is 4. The van der Waals surface area contributed by atoms with Crippen LogP contribution in [-0.2, 0) is 21.0 Å². The lowest BCUT2D eigenvalue weighted by atomic mass is 9.95. The van der Waals surface area contributed by atoms with Gasteiger partial charge < -0.3 is 10.2 Å². The summed E-state index contributed by atoms with van der Waals surface area (Å²) in [6, 6.07) is 6.32. The summed E-state index contributed by atoms with van der Waals surface area (Å²) in [6.07, 6.45) is -2.86. The first-order valence-corrected chi connectivity index (χ1v) is 10.8. The number of nitrogens with two attached hydrogens (primary N) is 1. The van der Waals surface area contributed by atoms with E-state index >= 15 is 0 Å². The lowest BCUT2D eigenvalue weighted by molar-refractivity contribution is -0.137. The first-order chi connectivity index (χ1) is 13.9. The summed E-state index contributed by atoms with van der Waals surface area (Å²) in [5.41, 5.74) is -0.485. The van der Waals surface area contributed by atoms with Crippen LogP contribution in [0.5, 0.6) is 0 Å². The van der Waals surface area contributed by atoms with Gasteiger partial charge in [0.2, 0.25) is 15.9 Å². The number of sulfonamides is 1. The van der Waals surface area contributed by atoms with Crippen molar-refractivity contribution in [3.05, 3.63) is 47.1 Å². The third-order valence-electron chi connectivity index (χ3n) is 4.76. The van der Waals surface area contributed by atoms with Crippen LogP contribution >= 0.6 is 11.6 Å². The van der Waals surface area contributed by atoms with Crippen molar-refractivity contribution in [2.24, 2.45) is 11.1 Å². The van der Waals surface area contributed by atoms with Gasteiger partial charge in [-0.25, -0.2) is 18.5 Å². The molecular formula is C18H18ClF3N4O3S. The third-order valence-corrected chi connectivity index (χ3v) is 5.97. The molecule has 0 unspecified atom stereocenters. The van der Waals surface area contributed by atoms with E-state index in [9.17, 15) is 26.4 Å². The molecular weight excluding hydrogens is 445 g/mol. The first kappa shape index (κ1) is 22.3. The monoisotopic (exact) mass is 462 g/mol.